The molecule has 0 aliphatic carbocycles. The summed E-state index contributed by atoms with van der Waals surface area (Å²) in [7, 11) is -3.46. The van der Waals surface area contributed by atoms with E-state index in [0.717, 1.165) is 25.5 Å². The van der Waals surface area contributed by atoms with Crippen molar-refractivity contribution >= 4 is 38.3 Å². The van der Waals surface area contributed by atoms with E-state index < -0.39 is 10.0 Å². The number of sulfonamides is 1. The Morgan fingerprint density at radius 1 is 1.12 bits per heavy atom. The third kappa shape index (κ3) is 6.02. The number of ether oxygens (including phenoxy) is 1. The molecule has 0 aliphatic heterocycles. The van der Waals surface area contributed by atoms with E-state index in [-0.39, 0.29) is 5.78 Å². The molecule has 0 fully saturated rings. The molecule has 0 aliphatic rings. The van der Waals surface area contributed by atoms with E-state index in [4.69, 9.17) is 14.9 Å². The molecule has 0 atom stereocenters. The fraction of sp³-hybridized carbons (Fsp3) is 0.348. The summed E-state index contributed by atoms with van der Waals surface area (Å²) in [6, 6.07) is 11.8. The number of furan rings is 1. The lowest BCUT2D eigenvalue weighted by molar-refractivity contribution is 0.104. The van der Waals surface area contributed by atoms with Gasteiger partial charge in [-0.3, -0.25) is 9.52 Å². The summed E-state index contributed by atoms with van der Waals surface area (Å²) < 4.78 is 37.3. The summed E-state index contributed by atoms with van der Waals surface area (Å²) in [6.07, 6.45) is 3.73. The molecule has 2 aromatic carbocycles. The maximum absolute atomic E-state index is 13.4. The zero-order valence-electron chi connectivity index (χ0n) is 18.3. The lowest BCUT2D eigenvalue weighted by atomic mass is 10.0. The summed E-state index contributed by atoms with van der Waals surface area (Å²) in [5, 5.41) is 3.74. The van der Waals surface area contributed by atoms with Gasteiger partial charge in [0, 0.05) is 23.2 Å². The van der Waals surface area contributed by atoms with Crippen LogP contribution in [0.2, 0.25) is 0 Å². The third-order valence-electron chi connectivity index (χ3n) is 4.77. The van der Waals surface area contributed by atoms with Gasteiger partial charge in [0.2, 0.25) is 15.9 Å². The summed E-state index contributed by atoms with van der Waals surface area (Å²) >= 11 is 0. The van der Waals surface area contributed by atoms with Gasteiger partial charge in [0.1, 0.15) is 11.3 Å². The van der Waals surface area contributed by atoms with Crippen LogP contribution in [0.3, 0.4) is 0 Å². The molecule has 0 saturated heterocycles. The normalized spacial score (nSPS) is 11.5. The van der Waals surface area contributed by atoms with Gasteiger partial charge in [-0.1, -0.05) is 13.3 Å². The number of fused-ring (bicyclic) bond motifs is 1. The maximum Gasteiger partial charge on any atom is 0.229 e. The molecule has 8 nitrogen and oxygen atoms in total. The molecule has 4 N–H and O–H groups in total. The summed E-state index contributed by atoms with van der Waals surface area (Å²) in [5.74, 6) is 0.805. The van der Waals surface area contributed by atoms with Gasteiger partial charge >= 0.3 is 0 Å². The van der Waals surface area contributed by atoms with Crippen LogP contribution in [0.25, 0.3) is 11.0 Å². The molecule has 0 radical (unpaired) electrons. The maximum atomic E-state index is 13.4. The highest BCUT2D eigenvalue weighted by Gasteiger charge is 2.23. The van der Waals surface area contributed by atoms with Crippen molar-refractivity contribution in [2.75, 3.05) is 36.0 Å². The number of hydrogen-bond donors (Lipinski definition) is 3. The molecule has 0 spiro atoms. The number of benzene rings is 2. The number of rotatable bonds is 12. The van der Waals surface area contributed by atoms with E-state index in [2.05, 4.69) is 17.0 Å². The topological polar surface area (TPSA) is 124 Å². The molecule has 0 bridgehead atoms. The molecular formula is C23H29N3O5S. The van der Waals surface area contributed by atoms with Crippen molar-refractivity contribution in [1.82, 2.24) is 0 Å². The van der Waals surface area contributed by atoms with Crippen LogP contribution in [0.1, 0.15) is 42.1 Å². The van der Waals surface area contributed by atoms with Crippen LogP contribution < -0.4 is 20.5 Å². The molecule has 3 aromatic rings. The number of nitrogens with two attached hydrogens (primary N) is 1. The van der Waals surface area contributed by atoms with Crippen molar-refractivity contribution in [3.8, 4) is 5.75 Å². The van der Waals surface area contributed by atoms with E-state index >= 15 is 0 Å². The predicted molar refractivity (Wildman–Crippen MR) is 127 cm³/mol. The first-order valence-electron chi connectivity index (χ1n) is 10.6. The van der Waals surface area contributed by atoms with Gasteiger partial charge in [-0.15, -0.1) is 0 Å². The van der Waals surface area contributed by atoms with Gasteiger partial charge in [-0.05, 0) is 61.9 Å². The molecule has 3 rings (SSSR count). The van der Waals surface area contributed by atoms with Crippen LogP contribution in [0.4, 0.5) is 11.6 Å². The van der Waals surface area contributed by atoms with Crippen LogP contribution in [-0.2, 0) is 10.0 Å². The largest absolute Gasteiger partial charge is 0.494 e. The fourth-order valence-electron chi connectivity index (χ4n) is 3.22. The quantitative estimate of drug-likeness (QED) is 0.276. The first-order valence-corrected chi connectivity index (χ1v) is 12.5. The first kappa shape index (κ1) is 23.6. The van der Waals surface area contributed by atoms with Crippen LogP contribution in [0.15, 0.2) is 46.9 Å². The van der Waals surface area contributed by atoms with E-state index in [1.807, 2.05) is 0 Å². The lowest BCUT2D eigenvalue weighted by Gasteiger charge is -2.08. The monoisotopic (exact) mass is 459 g/mol. The first-order chi connectivity index (χ1) is 15.3. The highest BCUT2D eigenvalue weighted by Crippen LogP contribution is 2.34. The van der Waals surface area contributed by atoms with Crippen molar-refractivity contribution in [3.05, 3.63) is 53.6 Å². The van der Waals surface area contributed by atoms with Crippen LogP contribution in [0, 0.1) is 0 Å². The second kappa shape index (κ2) is 10.5. The Morgan fingerprint density at radius 3 is 2.53 bits per heavy atom. The van der Waals surface area contributed by atoms with E-state index in [1.54, 1.807) is 42.5 Å². The molecule has 32 heavy (non-hydrogen) atoms. The highest BCUT2D eigenvalue weighted by atomic mass is 32.2. The summed E-state index contributed by atoms with van der Waals surface area (Å²) in [6.45, 7) is 3.79. The smallest absolute Gasteiger partial charge is 0.229 e. The lowest BCUT2D eigenvalue weighted by Crippen LogP contribution is -2.10. The van der Waals surface area contributed by atoms with Gasteiger partial charge in [-0.2, -0.15) is 0 Å². The summed E-state index contributed by atoms with van der Waals surface area (Å²) in [5.41, 5.74) is 7.17. The molecule has 0 amide bonds. The van der Waals surface area contributed by atoms with Crippen molar-refractivity contribution in [2.24, 2.45) is 5.73 Å². The number of anilines is 2. The number of nitrogens with one attached hydrogen (secondary N) is 2. The van der Waals surface area contributed by atoms with E-state index in [9.17, 15) is 13.2 Å². The second-order valence-electron chi connectivity index (χ2n) is 7.52. The average molecular weight is 460 g/mol. The number of carbonyl (C=O) groups excluding carboxylic acids is 1. The van der Waals surface area contributed by atoms with Crippen LogP contribution in [0.5, 0.6) is 5.75 Å². The van der Waals surface area contributed by atoms with Gasteiger partial charge in [0.05, 0.1) is 18.4 Å². The predicted octanol–water partition coefficient (Wildman–Crippen LogP) is 3.97. The Hall–Kier alpha value is -3.04. The number of unbranched alkanes of at least 4 members (excludes halogenated alkanes) is 1. The van der Waals surface area contributed by atoms with Crippen molar-refractivity contribution in [2.45, 2.75) is 26.2 Å². The Balaban J connectivity index is 1.97. The molecule has 172 valence electrons. The van der Waals surface area contributed by atoms with E-state index in [1.165, 1.54) is 0 Å². The standard InChI is InChI=1S/C23H29N3O5S/c1-3-4-13-25-23-21(19-15-17(26-32(2,28)29)8-11-20(19)31-23)22(27)16-6-9-18(10-7-16)30-14-5-12-24/h6-11,15,25-26H,3-5,12-14,24H2,1-2H3. The van der Waals surface area contributed by atoms with Crippen LogP contribution in [-0.4, -0.2) is 40.2 Å². The minimum Gasteiger partial charge on any atom is -0.494 e. The Labute approximate surface area is 188 Å². The highest BCUT2D eigenvalue weighted by molar-refractivity contribution is 7.92. The van der Waals surface area contributed by atoms with Gasteiger partial charge in [-0.25, -0.2) is 8.42 Å². The Kier molecular flexibility index (Phi) is 7.76. The minimum absolute atomic E-state index is 0.229. The van der Waals surface area contributed by atoms with Gasteiger partial charge in [0.25, 0.3) is 0 Å². The summed E-state index contributed by atoms with van der Waals surface area (Å²) in [4.78, 5) is 13.4. The fourth-order valence-corrected chi connectivity index (χ4v) is 3.78. The average Bonchev–Trinajstić information content (AvgIpc) is 3.10. The molecule has 9 heteroatoms. The SMILES string of the molecule is CCCCNc1oc2ccc(NS(C)(=O)=O)cc2c1C(=O)c1ccc(OCCCN)cc1. The van der Waals surface area contributed by atoms with Gasteiger partial charge in [0.15, 0.2) is 5.78 Å². The molecule has 1 heterocycles. The third-order valence-corrected chi connectivity index (χ3v) is 5.37. The van der Waals surface area contributed by atoms with Crippen LogP contribution >= 0.6 is 0 Å². The Morgan fingerprint density at radius 2 is 1.88 bits per heavy atom. The van der Waals surface area contributed by atoms with Crippen molar-refractivity contribution in [3.63, 3.8) is 0 Å². The zero-order chi connectivity index (χ0) is 23.1. The number of carbonyl (C=O) groups is 1. The molecule has 0 unspecified atom stereocenters. The number of ketones is 1. The van der Waals surface area contributed by atoms with Crippen molar-refractivity contribution in [1.29, 1.82) is 0 Å². The number of hydrogen-bond acceptors (Lipinski definition) is 7. The minimum atomic E-state index is -3.46. The molecule has 0 saturated carbocycles. The molecule has 1 aromatic heterocycles. The van der Waals surface area contributed by atoms with E-state index in [0.29, 0.717) is 59.1 Å². The second-order valence-corrected chi connectivity index (χ2v) is 9.26. The molecular weight excluding hydrogens is 430 g/mol. The Bertz CT molecular complexity index is 1170. The van der Waals surface area contributed by atoms with Crippen molar-refractivity contribution < 1.29 is 22.4 Å². The van der Waals surface area contributed by atoms with Gasteiger partial charge < -0.3 is 20.2 Å². The zero-order valence-corrected chi connectivity index (χ0v) is 19.1.